The quantitative estimate of drug-likeness (QED) is 0.490. The number of anilines is 2. The Morgan fingerprint density at radius 1 is 1.00 bits per heavy atom. The number of pyridine rings is 2. The van der Waals surface area contributed by atoms with Gasteiger partial charge in [-0.3, -0.25) is 0 Å². The highest BCUT2D eigenvalue weighted by atomic mass is 32.2. The molecule has 0 unspecified atom stereocenters. The van der Waals surface area contributed by atoms with Gasteiger partial charge in [0.25, 0.3) is 0 Å². The van der Waals surface area contributed by atoms with Crippen LogP contribution in [0.15, 0.2) is 59.6 Å². The summed E-state index contributed by atoms with van der Waals surface area (Å²) in [7, 11) is 0. The Labute approximate surface area is 189 Å². The van der Waals surface area contributed by atoms with Crippen molar-refractivity contribution in [1.82, 2.24) is 9.97 Å². The van der Waals surface area contributed by atoms with E-state index in [1.54, 1.807) is 31.2 Å². The normalized spacial score (nSPS) is 15.1. The lowest BCUT2D eigenvalue weighted by atomic mass is 10.0. The first-order valence-corrected chi connectivity index (χ1v) is 11.2. The number of hydrogen-bond acceptors (Lipinski definition) is 6. The molecule has 0 aliphatic carbocycles. The minimum absolute atomic E-state index is 0.0902. The molecular weight excluding hydrogens is 435 g/mol. The van der Waals surface area contributed by atoms with Gasteiger partial charge < -0.3 is 15.4 Å². The molecule has 1 aliphatic rings. The van der Waals surface area contributed by atoms with E-state index in [1.807, 2.05) is 18.2 Å². The fourth-order valence-electron chi connectivity index (χ4n) is 3.66. The van der Waals surface area contributed by atoms with Crippen LogP contribution in [-0.4, -0.2) is 29.1 Å². The van der Waals surface area contributed by atoms with Gasteiger partial charge in [0.1, 0.15) is 16.7 Å². The molecule has 3 N–H and O–H groups in total. The number of aromatic nitrogens is 2. The van der Waals surface area contributed by atoms with Gasteiger partial charge in [0.05, 0.1) is 11.3 Å². The van der Waals surface area contributed by atoms with E-state index in [2.05, 4.69) is 19.6 Å². The maximum absolute atomic E-state index is 13.6. The minimum Gasteiger partial charge on any atom is -0.356 e. The first-order chi connectivity index (χ1) is 15.3. The highest BCUT2D eigenvalue weighted by Gasteiger charge is 2.35. The third-order valence-electron chi connectivity index (χ3n) is 5.43. The Kier molecular flexibility index (Phi) is 6.57. The van der Waals surface area contributed by atoms with Crippen molar-refractivity contribution in [3.63, 3.8) is 0 Å². The zero-order valence-electron chi connectivity index (χ0n) is 17.6. The standard InChI is InChI=1S/C23H24F3N5S/c1-15-5-2-3-6-17(15)22-18(23(24,25)26)9-10-19(28-22)30-32-21-8-4-7-20(29-21)31-13-11-16(27)12-14-31/h2-10,16H,11-14,27H2,1H3,(H,28,30). The van der Waals surface area contributed by atoms with Crippen LogP contribution in [-0.2, 0) is 6.18 Å². The van der Waals surface area contributed by atoms with Crippen molar-refractivity contribution in [3.05, 3.63) is 65.7 Å². The highest BCUT2D eigenvalue weighted by Crippen LogP contribution is 2.38. The van der Waals surface area contributed by atoms with E-state index in [0.717, 1.165) is 43.4 Å². The van der Waals surface area contributed by atoms with E-state index in [4.69, 9.17) is 5.73 Å². The number of nitrogens with zero attached hydrogens (tertiary/aromatic N) is 3. The summed E-state index contributed by atoms with van der Waals surface area (Å²) in [6.45, 7) is 3.49. The molecule has 0 amide bonds. The van der Waals surface area contributed by atoms with Crippen LogP contribution in [0.2, 0.25) is 0 Å². The second kappa shape index (κ2) is 9.38. The van der Waals surface area contributed by atoms with Crippen molar-refractivity contribution >= 4 is 23.6 Å². The molecule has 1 aliphatic heterocycles. The SMILES string of the molecule is Cc1ccccc1-c1nc(NSc2cccc(N3CCC(N)CC3)n2)ccc1C(F)(F)F. The summed E-state index contributed by atoms with van der Waals surface area (Å²) in [5.74, 6) is 1.20. The third kappa shape index (κ3) is 5.16. The van der Waals surface area contributed by atoms with Gasteiger partial charge in [-0.05, 0) is 49.6 Å². The fraction of sp³-hybridized carbons (Fsp3) is 0.304. The van der Waals surface area contributed by atoms with Crippen LogP contribution < -0.4 is 15.4 Å². The topological polar surface area (TPSA) is 67.1 Å². The summed E-state index contributed by atoms with van der Waals surface area (Å²) in [6.07, 6.45) is -2.65. The van der Waals surface area contributed by atoms with E-state index >= 15 is 0 Å². The van der Waals surface area contributed by atoms with Crippen LogP contribution >= 0.6 is 11.9 Å². The Morgan fingerprint density at radius 3 is 2.47 bits per heavy atom. The number of aryl methyl sites for hydroxylation is 1. The van der Waals surface area contributed by atoms with Gasteiger partial charge in [-0.25, -0.2) is 9.97 Å². The van der Waals surface area contributed by atoms with Gasteiger partial charge in [-0.15, -0.1) is 0 Å². The number of nitrogens with two attached hydrogens (primary N) is 1. The zero-order valence-corrected chi connectivity index (χ0v) is 18.4. The molecule has 0 saturated carbocycles. The second-order valence-corrected chi connectivity index (χ2v) is 8.59. The van der Waals surface area contributed by atoms with E-state index in [1.165, 1.54) is 18.0 Å². The van der Waals surface area contributed by atoms with E-state index in [0.29, 0.717) is 16.4 Å². The monoisotopic (exact) mass is 459 g/mol. The van der Waals surface area contributed by atoms with Crippen molar-refractivity contribution in [1.29, 1.82) is 0 Å². The summed E-state index contributed by atoms with van der Waals surface area (Å²) in [5, 5.41) is 0.705. The molecule has 9 heteroatoms. The molecule has 5 nitrogen and oxygen atoms in total. The molecular formula is C23H24F3N5S. The van der Waals surface area contributed by atoms with Gasteiger partial charge >= 0.3 is 6.18 Å². The molecule has 3 heterocycles. The summed E-state index contributed by atoms with van der Waals surface area (Å²) in [6, 6.07) is 15.3. The van der Waals surface area contributed by atoms with E-state index < -0.39 is 11.7 Å². The third-order valence-corrected chi connectivity index (χ3v) is 6.18. The summed E-state index contributed by atoms with van der Waals surface area (Å²) < 4.78 is 43.9. The van der Waals surface area contributed by atoms with Gasteiger partial charge in [-0.2, -0.15) is 13.2 Å². The van der Waals surface area contributed by atoms with Crippen LogP contribution in [0.5, 0.6) is 0 Å². The number of alkyl halides is 3. The summed E-state index contributed by atoms with van der Waals surface area (Å²) in [5.41, 5.74) is 6.31. The van der Waals surface area contributed by atoms with Crippen LogP contribution in [0.25, 0.3) is 11.3 Å². The van der Waals surface area contributed by atoms with Crippen LogP contribution in [0.4, 0.5) is 24.8 Å². The molecule has 3 aromatic rings. The lowest BCUT2D eigenvalue weighted by Crippen LogP contribution is -2.40. The Bertz CT molecular complexity index is 1080. The Hall–Kier alpha value is -2.78. The largest absolute Gasteiger partial charge is 0.418 e. The molecule has 0 spiro atoms. The molecule has 4 rings (SSSR count). The second-order valence-electron chi connectivity index (χ2n) is 7.77. The van der Waals surface area contributed by atoms with Crippen molar-refractivity contribution in [3.8, 4) is 11.3 Å². The number of piperidine rings is 1. The predicted octanol–water partition coefficient (Wildman–Crippen LogP) is 5.52. The van der Waals surface area contributed by atoms with E-state index in [-0.39, 0.29) is 11.7 Å². The lowest BCUT2D eigenvalue weighted by molar-refractivity contribution is -0.137. The molecule has 0 atom stereocenters. The molecule has 1 saturated heterocycles. The molecule has 168 valence electrons. The Balaban J connectivity index is 1.55. The number of halogens is 3. The zero-order chi connectivity index (χ0) is 22.7. The Morgan fingerprint density at radius 2 is 1.75 bits per heavy atom. The van der Waals surface area contributed by atoms with Crippen molar-refractivity contribution in [2.24, 2.45) is 5.73 Å². The van der Waals surface area contributed by atoms with Crippen LogP contribution in [0.1, 0.15) is 24.0 Å². The highest BCUT2D eigenvalue weighted by molar-refractivity contribution is 8.00. The lowest BCUT2D eigenvalue weighted by Gasteiger charge is -2.31. The molecule has 0 radical (unpaired) electrons. The van der Waals surface area contributed by atoms with Crippen molar-refractivity contribution in [2.45, 2.75) is 37.0 Å². The molecule has 32 heavy (non-hydrogen) atoms. The van der Waals surface area contributed by atoms with Crippen molar-refractivity contribution < 1.29 is 13.2 Å². The average Bonchev–Trinajstić information content (AvgIpc) is 2.78. The predicted molar refractivity (Wildman–Crippen MR) is 123 cm³/mol. The number of nitrogens with one attached hydrogen (secondary N) is 1. The molecule has 0 bridgehead atoms. The molecule has 1 fully saturated rings. The van der Waals surface area contributed by atoms with Crippen LogP contribution in [0, 0.1) is 6.92 Å². The number of rotatable bonds is 5. The first-order valence-electron chi connectivity index (χ1n) is 10.4. The first kappa shape index (κ1) is 22.4. The maximum atomic E-state index is 13.6. The summed E-state index contributed by atoms with van der Waals surface area (Å²) >= 11 is 1.22. The number of hydrogen-bond donors (Lipinski definition) is 2. The number of benzene rings is 1. The van der Waals surface area contributed by atoms with E-state index in [9.17, 15) is 13.2 Å². The molecule has 2 aromatic heterocycles. The minimum atomic E-state index is -4.50. The summed E-state index contributed by atoms with van der Waals surface area (Å²) in [4.78, 5) is 11.2. The van der Waals surface area contributed by atoms with Gasteiger partial charge in [-0.1, -0.05) is 30.3 Å². The fourth-order valence-corrected chi connectivity index (χ4v) is 4.27. The average molecular weight is 460 g/mol. The van der Waals surface area contributed by atoms with Gasteiger partial charge in [0.15, 0.2) is 0 Å². The maximum Gasteiger partial charge on any atom is 0.418 e. The van der Waals surface area contributed by atoms with Gasteiger partial charge in [0.2, 0.25) is 0 Å². The molecule has 1 aromatic carbocycles. The van der Waals surface area contributed by atoms with Gasteiger partial charge in [0, 0.05) is 36.6 Å². The smallest absolute Gasteiger partial charge is 0.356 e. The van der Waals surface area contributed by atoms with Crippen molar-refractivity contribution in [2.75, 3.05) is 22.7 Å². The van der Waals surface area contributed by atoms with Crippen LogP contribution in [0.3, 0.4) is 0 Å².